The van der Waals surface area contributed by atoms with Crippen LogP contribution < -0.4 is 14.8 Å². The first-order valence-corrected chi connectivity index (χ1v) is 9.55. The first-order chi connectivity index (χ1) is 13.1. The molecule has 144 valence electrons. The Morgan fingerprint density at radius 3 is 2.52 bits per heavy atom. The van der Waals surface area contributed by atoms with E-state index in [0.717, 1.165) is 4.88 Å². The van der Waals surface area contributed by atoms with Crippen molar-refractivity contribution in [3.63, 3.8) is 0 Å². The number of benzene rings is 1. The molecule has 1 aromatic carbocycles. The zero-order valence-corrected chi connectivity index (χ0v) is 16.3. The van der Waals surface area contributed by atoms with Crippen LogP contribution in [0.5, 0.6) is 11.5 Å². The van der Waals surface area contributed by atoms with E-state index < -0.39 is 0 Å². The molecule has 2 amide bonds. The van der Waals surface area contributed by atoms with Crippen LogP contribution in [0.15, 0.2) is 35.7 Å². The van der Waals surface area contributed by atoms with E-state index in [9.17, 15) is 9.59 Å². The van der Waals surface area contributed by atoms with Crippen LogP contribution in [-0.4, -0.2) is 68.6 Å². The van der Waals surface area contributed by atoms with Crippen LogP contribution >= 0.6 is 11.3 Å². The van der Waals surface area contributed by atoms with Crippen LogP contribution in [0.2, 0.25) is 0 Å². The maximum Gasteiger partial charge on any atom is 0.264 e. The summed E-state index contributed by atoms with van der Waals surface area (Å²) in [6.45, 7) is 2.86. The Balaban J connectivity index is 1.50. The number of rotatable bonds is 6. The SMILES string of the molecule is COc1ccc(NC(=O)CN2CCN(C(=O)c3cccs3)CC2)c(OC)c1. The Bertz CT molecular complexity index is 786. The molecule has 7 nitrogen and oxygen atoms in total. The summed E-state index contributed by atoms with van der Waals surface area (Å²) in [6, 6.07) is 8.98. The van der Waals surface area contributed by atoms with Crippen molar-refractivity contribution in [2.75, 3.05) is 52.3 Å². The Morgan fingerprint density at radius 1 is 1.11 bits per heavy atom. The van der Waals surface area contributed by atoms with Gasteiger partial charge in [-0.05, 0) is 23.6 Å². The first-order valence-electron chi connectivity index (χ1n) is 8.67. The molecule has 0 saturated carbocycles. The second kappa shape index (κ2) is 8.88. The standard InChI is InChI=1S/C19H23N3O4S/c1-25-14-5-6-15(16(12-14)26-2)20-18(23)13-21-7-9-22(10-8-21)19(24)17-4-3-11-27-17/h3-6,11-12H,7-10,13H2,1-2H3,(H,20,23). The average Bonchev–Trinajstić information content (AvgIpc) is 3.23. The maximum atomic E-state index is 12.4. The van der Waals surface area contributed by atoms with Gasteiger partial charge in [-0.25, -0.2) is 0 Å². The summed E-state index contributed by atoms with van der Waals surface area (Å²) in [7, 11) is 3.13. The van der Waals surface area contributed by atoms with Gasteiger partial charge in [-0.2, -0.15) is 0 Å². The predicted molar refractivity (Wildman–Crippen MR) is 105 cm³/mol. The molecule has 0 spiro atoms. The minimum atomic E-state index is -0.114. The van der Waals surface area contributed by atoms with Gasteiger partial charge < -0.3 is 19.7 Å². The van der Waals surface area contributed by atoms with Gasteiger partial charge in [0.15, 0.2) is 0 Å². The smallest absolute Gasteiger partial charge is 0.264 e. The molecule has 1 aliphatic heterocycles. The van der Waals surface area contributed by atoms with Crippen LogP contribution in [0.3, 0.4) is 0 Å². The molecule has 0 atom stereocenters. The molecular formula is C19H23N3O4S. The Hall–Kier alpha value is -2.58. The van der Waals surface area contributed by atoms with Crippen molar-refractivity contribution in [1.82, 2.24) is 9.80 Å². The number of carbonyl (C=O) groups excluding carboxylic acids is 2. The third kappa shape index (κ3) is 4.78. The summed E-state index contributed by atoms with van der Waals surface area (Å²) in [5, 5.41) is 4.78. The summed E-state index contributed by atoms with van der Waals surface area (Å²) in [4.78, 5) is 29.4. The number of thiophene rings is 1. The molecule has 3 rings (SSSR count). The van der Waals surface area contributed by atoms with Gasteiger partial charge in [-0.3, -0.25) is 14.5 Å². The van der Waals surface area contributed by atoms with Gasteiger partial charge in [0.1, 0.15) is 11.5 Å². The van der Waals surface area contributed by atoms with Crippen LogP contribution in [0.4, 0.5) is 5.69 Å². The predicted octanol–water partition coefficient (Wildman–Crippen LogP) is 2.16. The topological polar surface area (TPSA) is 71.1 Å². The maximum absolute atomic E-state index is 12.4. The fourth-order valence-electron chi connectivity index (χ4n) is 2.96. The lowest BCUT2D eigenvalue weighted by atomic mass is 10.2. The summed E-state index contributed by atoms with van der Waals surface area (Å²) in [6.07, 6.45) is 0. The van der Waals surface area contributed by atoms with Gasteiger partial charge in [-0.15, -0.1) is 11.3 Å². The van der Waals surface area contributed by atoms with Crippen molar-refractivity contribution in [3.8, 4) is 11.5 Å². The van der Waals surface area contributed by atoms with Crippen molar-refractivity contribution in [1.29, 1.82) is 0 Å². The Labute approximate surface area is 162 Å². The van der Waals surface area contributed by atoms with Gasteiger partial charge >= 0.3 is 0 Å². The zero-order chi connectivity index (χ0) is 19.2. The summed E-state index contributed by atoms with van der Waals surface area (Å²) in [5.41, 5.74) is 0.606. The number of hydrogen-bond donors (Lipinski definition) is 1. The van der Waals surface area contributed by atoms with Crippen LogP contribution in [0.1, 0.15) is 9.67 Å². The van der Waals surface area contributed by atoms with E-state index >= 15 is 0 Å². The molecule has 1 N–H and O–H groups in total. The molecule has 1 aromatic heterocycles. The average molecular weight is 389 g/mol. The molecule has 2 heterocycles. The van der Waals surface area contributed by atoms with Crippen LogP contribution in [-0.2, 0) is 4.79 Å². The second-order valence-electron chi connectivity index (χ2n) is 6.16. The third-order valence-electron chi connectivity index (χ3n) is 4.44. The van der Waals surface area contributed by atoms with Crippen molar-refractivity contribution in [2.24, 2.45) is 0 Å². The number of anilines is 1. The van der Waals surface area contributed by atoms with Crippen molar-refractivity contribution >= 4 is 28.8 Å². The van der Waals surface area contributed by atoms with E-state index in [1.54, 1.807) is 32.4 Å². The lowest BCUT2D eigenvalue weighted by Gasteiger charge is -2.34. The van der Waals surface area contributed by atoms with Gasteiger partial charge in [0.25, 0.3) is 5.91 Å². The molecule has 1 fully saturated rings. The lowest BCUT2D eigenvalue weighted by molar-refractivity contribution is -0.117. The number of piperazine rings is 1. The fourth-order valence-corrected chi connectivity index (χ4v) is 3.65. The van der Waals surface area contributed by atoms with E-state index in [4.69, 9.17) is 9.47 Å². The Kier molecular flexibility index (Phi) is 6.31. The fraction of sp³-hybridized carbons (Fsp3) is 0.368. The molecule has 2 aromatic rings. The number of carbonyl (C=O) groups is 2. The molecule has 1 saturated heterocycles. The Morgan fingerprint density at radius 2 is 1.89 bits per heavy atom. The van der Waals surface area contributed by atoms with Gasteiger partial charge in [0.05, 0.1) is 31.3 Å². The van der Waals surface area contributed by atoms with E-state index in [-0.39, 0.29) is 18.4 Å². The lowest BCUT2D eigenvalue weighted by Crippen LogP contribution is -2.50. The van der Waals surface area contributed by atoms with Gasteiger partial charge in [-0.1, -0.05) is 6.07 Å². The molecule has 0 bridgehead atoms. The minimum Gasteiger partial charge on any atom is -0.497 e. The molecule has 0 aliphatic carbocycles. The molecular weight excluding hydrogens is 366 g/mol. The molecule has 27 heavy (non-hydrogen) atoms. The third-order valence-corrected chi connectivity index (χ3v) is 5.30. The number of hydrogen-bond acceptors (Lipinski definition) is 6. The quantitative estimate of drug-likeness (QED) is 0.820. The number of ether oxygens (including phenoxy) is 2. The first kappa shape index (κ1) is 19.2. The summed E-state index contributed by atoms with van der Waals surface area (Å²) in [5.74, 6) is 1.17. The normalized spacial score (nSPS) is 14.7. The van der Waals surface area contributed by atoms with Crippen LogP contribution in [0, 0.1) is 0 Å². The number of nitrogens with one attached hydrogen (secondary N) is 1. The number of amides is 2. The molecule has 0 radical (unpaired) electrons. The molecule has 8 heteroatoms. The van der Waals surface area contributed by atoms with Gasteiger partial charge in [0, 0.05) is 32.2 Å². The zero-order valence-electron chi connectivity index (χ0n) is 15.4. The van der Waals surface area contributed by atoms with Crippen molar-refractivity contribution in [3.05, 3.63) is 40.6 Å². The highest BCUT2D eigenvalue weighted by atomic mass is 32.1. The molecule has 1 aliphatic rings. The monoisotopic (exact) mass is 389 g/mol. The largest absolute Gasteiger partial charge is 0.497 e. The van der Waals surface area contributed by atoms with E-state index in [0.29, 0.717) is 43.4 Å². The van der Waals surface area contributed by atoms with E-state index in [1.807, 2.05) is 27.3 Å². The van der Waals surface area contributed by atoms with E-state index in [2.05, 4.69) is 5.32 Å². The number of methoxy groups -OCH3 is 2. The highest BCUT2D eigenvalue weighted by molar-refractivity contribution is 7.12. The van der Waals surface area contributed by atoms with Crippen molar-refractivity contribution < 1.29 is 19.1 Å². The van der Waals surface area contributed by atoms with Crippen LogP contribution in [0.25, 0.3) is 0 Å². The van der Waals surface area contributed by atoms with E-state index in [1.165, 1.54) is 11.3 Å². The minimum absolute atomic E-state index is 0.0667. The number of nitrogens with zero attached hydrogens (tertiary/aromatic N) is 2. The summed E-state index contributed by atoms with van der Waals surface area (Å²) < 4.78 is 10.5. The second-order valence-corrected chi connectivity index (χ2v) is 7.11. The van der Waals surface area contributed by atoms with Gasteiger partial charge in [0.2, 0.25) is 5.91 Å². The highest BCUT2D eigenvalue weighted by Crippen LogP contribution is 2.29. The highest BCUT2D eigenvalue weighted by Gasteiger charge is 2.24. The van der Waals surface area contributed by atoms with Crippen molar-refractivity contribution in [2.45, 2.75) is 0 Å². The summed E-state index contributed by atoms with van der Waals surface area (Å²) >= 11 is 1.45. The molecule has 0 unspecified atom stereocenters.